The van der Waals surface area contributed by atoms with Crippen LogP contribution >= 0.6 is 0 Å². The number of nitrogens with zero attached hydrogens (tertiary/aromatic N) is 4. The largest absolute Gasteiger partial charge is 0.369 e. The minimum Gasteiger partial charge on any atom is -0.369 e. The molecule has 2 aromatic heterocycles. The van der Waals surface area contributed by atoms with Crippen LogP contribution in [0, 0.1) is 21.4 Å². The molecule has 0 unspecified atom stereocenters. The number of H-pyrrole nitrogens is 1. The molecule has 2 aromatic rings. The van der Waals surface area contributed by atoms with E-state index in [1.807, 2.05) is 6.07 Å². The second-order valence-corrected chi connectivity index (χ2v) is 4.02. The molecule has 0 aliphatic carbocycles. The average molecular weight is 272 g/mol. The fourth-order valence-corrected chi connectivity index (χ4v) is 1.68. The third-order valence-corrected chi connectivity index (χ3v) is 2.64. The van der Waals surface area contributed by atoms with Gasteiger partial charge in [-0.1, -0.05) is 0 Å². The third-order valence-electron chi connectivity index (χ3n) is 2.64. The summed E-state index contributed by atoms with van der Waals surface area (Å²) in [5.74, 6) is 1.25. The van der Waals surface area contributed by atoms with Crippen LogP contribution < -0.4 is 5.32 Å². The van der Waals surface area contributed by atoms with Crippen molar-refractivity contribution >= 4 is 11.5 Å². The number of aryl methyl sites for hydroxylation is 1. The molecule has 2 N–H and O–H groups in total. The van der Waals surface area contributed by atoms with Gasteiger partial charge in [0.25, 0.3) is 5.69 Å². The number of hydrogen-bond donors (Lipinski definition) is 2. The van der Waals surface area contributed by atoms with Gasteiger partial charge in [0.05, 0.1) is 4.92 Å². The van der Waals surface area contributed by atoms with E-state index in [-0.39, 0.29) is 11.3 Å². The Labute approximate surface area is 114 Å². The summed E-state index contributed by atoms with van der Waals surface area (Å²) in [6.45, 7) is 0.597. The molecule has 0 spiro atoms. The van der Waals surface area contributed by atoms with Gasteiger partial charge in [0.2, 0.25) is 0 Å². The number of anilines is 1. The lowest BCUT2D eigenvalue weighted by Crippen LogP contribution is -2.07. The van der Waals surface area contributed by atoms with Gasteiger partial charge in [-0.3, -0.25) is 10.1 Å². The zero-order valence-corrected chi connectivity index (χ0v) is 10.5. The van der Waals surface area contributed by atoms with Crippen molar-refractivity contribution in [2.45, 2.75) is 12.8 Å². The quantitative estimate of drug-likeness (QED) is 0.468. The number of imidazole rings is 1. The van der Waals surface area contributed by atoms with E-state index >= 15 is 0 Å². The topological polar surface area (TPSA) is 121 Å². The summed E-state index contributed by atoms with van der Waals surface area (Å²) < 4.78 is 0. The first kappa shape index (κ1) is 13.5. The fraction of sp³-hybridized carbons (Fsp3) is 0.250. The molecule has 2 rings (SSSR count). The van der Waals surface area contributed by atoms with E-state index in [2.05, 4.69) is 20.3 Å². The van der Waals surface area contributed by atoms with Crippen LogP contribution in [0.4, 0.5) is 11.5 Å². The van der Waals surface area contributed by atoms with Crippen LogP contribution in [0.5, 0.6) is 0 Å². The molecule has 0 saturated carbocycles. The minimum absolute atomic E-state index is 0.164. The highest BCUT2D eigenvalue weighted by molar-refractivity contribution is 5.55. The maximum atomic E-state index is 10.6. The summed E-state index contributed by atoms with van der Waals surface area (Å²) in [6, 6.07) is 3.11. The van der Waals surface area contributed by atoms with Crippen LogP contribution in [0.15, 0.2) is 24.7 Å². The maximum absolute atomic E-state index is 10.6. The van der Waals surface area contributed by atoms with Crippen LogP contribution in [0.25, 0.3) is 0 Å². The first-order valence-corrected chi connectivity index (χ1v) is 5.97. The van der Waals surface area contributed by atoms with Gasteiger partial charge >= 0.3 is 0 Å². The molecule has 0 radical (unpaired) electrons. The molecule has 0 atom stereocenters. The number of nitro groups is 1. The van der Waals surface area contributed by atoms with Gasteiger partial charge in [-0.25, -0.2) is 9.97 Å². The van der Waals surface area contributed by atoms with Crippen LogP contribution in [-0.2, 0) is 6.42 Å². The van der Waals surface area contributed by atoms with E-state index in [9.17, 15) is 10.1 Å². The van der Waals surface area contributed by atoms with Gasteiger partial charge in [0.1, 0.15) is 29.5 Å². The summed E-state index contributed by atoms with van der Waals surface area (Å²) >= 11 is 0. The number of aromatic nitrogens is 3. The Bertz CT molecular complexity index is 632. The van der Waals surface area contributed by atoms with Crippen LogP contribution in [0.2, 0.25) is 0 Å². The molecule has 0 amide bonds. The van der Waals surface area contributed by atoms with Gasteiger partial charge in [0, 0.05) is 31.4 Å². The molecule has 0 bridgehead atoms. The Morgan fingerprint density at radius 3 is 3.00 bits per heavy atom. The first-order valence-electron chi connectivity index (χ1n) is 5.97. The third kappa shape index (κ3) is 3.29. The molecule has 8 nitrogen and oxygen atoms in total. The van der Waals surface area contributed by atoms with Crippen molar-refractivity contribution in [1.29, 1.82) is 5.26 Å². The van der Waals surface area contributed by atoms with Crippen LogP contribution in [0.1, 0.15) is 17.8 Å². The van der Waals surface area contributed by atoms with E-state index in [1.165, 1.54) is 6.07 Å². The number of nitrogens with one attached hydrogen (secondary N) is 2. The van der Waals surface area contributed by atoms with E-state index < -0.39 is 4.92 Å². The number of nitriles is 1. The summed E-state index contributed by atoms with van der Waals surface area (Å²) in [7, 11) is 0. The SMILES string of the molecule is N#Cc1cc([N+](=O)[O-])cnc1NCCCc1ncc[nH]1. The Morgan fingerprint density at radius 2 is 2.35 bits per heavy atom. The van der Waals surface area contributed by atoms with Crippen LogP contribution in [-0.4, -0.2) is 26.4 Å². The van der Waals surface area contributed by atoms with Gasteiger partial charge in [0.15, 0.2) is 0 Å². The summed E-state index contributed by atoms with van der Waals surface area (Å²) in [5, 5.41) is 22.6. The lowest BCUT2D eigenvalue weighted by Gasteiger charge is -2.06. The Balaban J connectivity index is 1.92. The Morgan fingerprint density at radius 1 is 1.50 bits per heavy atom. The number of hydrogen-bond acceptors (Lipinski definition) is 6. The normalized spacial score (nSPS) is 9.95. The van der Waals surface area contributed by atoms with Crippen molar-refractivity contribution in [1.82, 2.24) is 15.0 Å². The lowest BCUT2D eigenvalue weighted by molar-refractivity contribution is -0.385. The second kappa shape index (κ2) is 6.29. The zero-order chi connectivity index (χ0) is 14.4. The van der Waals surface area contributed by atoms with Crippen molar-refractivity contribution in [3.8, 4) is 6.07 Å². The highest BCUT2D eigenvalue weighted by atomic mass is 16.6. The minimum atomic E-state index is -0.575. The standard InChI is InChI=1S/C12H12N6O2/c13-7-9-6-10(18(19)20)8-17-12(9)16-3-1-2-11-14-4-5-15-11/h4-6,8H,1-3H2,(H,14,15)(H,16,17). The molecular formula is C12H12N6O2. The molecule has 0 aliphatic rings. The molecule has 0 aliphatic heterocycles. The Kier molecular flexibility index (Phi) is 4.24. The monoisotopic (exact) mass is 272 g/mol. The highest BCUT2D eigenvalue weighted by Gasteiger charge is 2.11. The maximum Gasteiger partial charge on any atom is 0.289 e. The van der Waals surface area contributed by atoms with Gasteiger partial charge < -0.3 is 10.3 Å². The average Bonchev–Trinajstić information content (AvgIpc) is 2.96. The lowest BCUT2D eigenvalue weighted by atomic mass is 10.2. The fourth-order valence-electron chi connectivity index (χ4n) is 1.68. The van der Waals surface area contributed by atoms with Crippen molar-refractivity contribution in [2.24, 2.45) is 0 Å². The van der Waals surface area contributed by atoms with Crippen molar-refractivity contribution < 1.29 is 4.92 Å². The Hall–Kier alpha value is -2.95. The predicted octanol–water partition coefficient (Wildman–Crippen LogP) is 1.63. The van der Waals surface area contributed by atoms with E-state index in [0.717, 1.165) is 24.9 Å². The molecule has 20 heavy (non-hydrogen) atoms. The van der Waals surface area contributed by atoms with E-state index in [0.29, 0.717) is 12.4 Å². The van der Waals surface area contributed by atoms with Gasteiger partial charge in [-0.05, 0) is 6.42 Å². The van der Waals surface area contributed by atoms with Gasteiger partial charge in [-0.2, -0.15) is 5.26 Å². The second-order valence-electron chi connectivity index (χ2n) is 4.02. The van der Waals surface area contributed by atoms with Crippen LogP contribution in [0.3, 0.4) is 0 Å². The number of pyridine rings is 1. The molecule has 0 aromatic carbocycles. The smallest absolute Gasteiger partial charge is 0.289 e. The molecule has 0 saturated heterocycles. The molecule has 102 valence electrons. The summed E-state index contributed by atoms with van der Waals surface area (Å²) in [4.78, 5) is 21.0. The number of aromatic amines is 1. The van der Waals surface area contributed by atoms with E-state index in [4.69, 9.17) is 5.26 Å². The van der Waals surface area contributed by atoms with E-state index in [1.54, 1.807) is 12.4 Å². The number of rotatable bonds is 6. The predicted molar refractivity (Wildman–Crippen MR) is 71.0 cm³/mol. The molecule has 2 heterocycles. The molecule has 0 fully saturated rings. The van der Waals surface area contributed by atoms with Gasteiger partial charge in [-0.15, -0.1) is 0 Å². The zero-order valence-electron chi connectivity index (χ0n) is 10.5. The van der Waals surface area contributed by atoms with Crippen molar-refractivity contribution in [3.05, 3.63) is 46.2 Å². The summed E-state index contributed by atoms with van der Waals surface area (Å²) in [5.41, 5.74) is -0.0279. The first-order chi connectivity index (χ1) is 9.70. The molecule has 8 heteroatoms. The molecular weight excluding hydrogens is 260 g/mol. The van der Waals surface area contributed by atoms with Crippen molar-refractivity contribution in [3.63, 3.8) is 0 Å². The highest BCUT2D eigenvalue weighted by Crippen LogP contribution is 2.18. The van der Waals surface area contributed by atoms with Crippen molar-refractivity contribution in [2.75, 3.05) is 11.9 Å². The summed E-state index contributed by atoms with van der Waals surface area (Å²) in [6.07, 6.45) is 6.16.